The van der Waals surface area contributed by atoms with Crippen LogP contribution in [0.4, 0.5) is 11.6 Å². The average molecular weight is 391 g/mol. The second-order valence-electron chi connectivity index (χ2n) is 6.83. The van der Waals surface area contributed by atoms with Crippen LogP contribution in [0.1, 0.15) is 18.4 Å². The summed E-state index contributed by atoms with van der Waals surface area (Å²) in [6.07, 6.45) is 2.92. The van der Waals surface area contributed by atoms with Crippen molar-refractivity contribution < 1.29 is 5.11 Å². The van der Waals surface area contributed by atoms with E-state index in [1.807, 2.05) is 36.0 Å². The molecule has 3 heterocycles. The smallest absolute Gasteiger partial charge is 0.134 e. The first-order valence-electron chi connectivity index (χ1n) is 9.03. The van der Waals surface area contributed by atoms with Gasteiger partial charge in [-0.2, -0.15) is 11.8 Å². The van der Waals surface area contributed by atoms with E-state index in [0.717, 1.165) is 54.9 Å². The monoisotopic (exact) mass is 390 g/mol. The summed E-state index contributed by atoms with van der Waals surface area (Å²) in [7, 11) is 0. The topological polar surface area (TPSA) is 52.5 Å². The van der Waals surface area contributed by atoms with Gasteiger partial charge in [0.05, 0.1) is 5.60 Å². The predicted octanol–water partition coefficient (Wildman–Crippen LogP) is 3.17. The molecule has 2 aliphatic heterocycles. The maximum absolute atomic E-state index is 11.1. The fourth-order valence-electron chi connectivity index (χ4n) is 3.69. The van der Waals surface area contributed by atoms with Crippen LogP contribution in [0.3, 0.4) is 0 Å². The van der Waals surface area contributed by atoms with Gasteiger partial charge in [-0.25, -0.2) is 9.97 Å². The van der Waals surface area contributed by atoms with Crippen LogP contribution in [0, 0.1) is 0 Å². The van der Waals surface area contributed by atoms with Crippen LogP contribution in [0.15, 0.2) is 36.7 Å². The molecular weight excluding hydrogens is 368 g/mol. The van der Waals surface area contributed by atoms with Gasteiger partial charge in [0.2, 0.25) is 0 Å². The highest BCUT2D eigenvalue weighted by molar-refractivity contribution is 7.99. The fraction of sp³-hybridized carbons (Fsp3) is 0.474. The van der Waals surface area contributed by atoms with Gasteiger partial charge in [0.15, 0.2) is 0 Å². The first-order chi connectivity index (χ1) is 12.7. The lowest BCUT2D eigenvalue weighted by Crippen LogP contribution is -2.43. The number of halogens is 1. The summed E-state index contributed by atoms with van der Waals surface area (Å²) >= 11 is 8.30. The molecule has 0 unspecified atom stereocenters. The fourth-order valence-corrected chi connectivity index (χ4v) is 4.90. The summed E-state index contributed by atoms with van der Waals surface area (Å²) in [6, 6.07) is 9.67. The molecule has 0 amide bonds. The summed E-state index contributed by atoms with van der Waals surface area (Å²) in [5.41, 5.74) is -0.0371. The van der Waals surface area contributed by atoms with Crippen molar-refractivity contribution in [2.45, 2.75) is 18.4 Å². The van der Waals surface area contributed by atoms with Crippen LogP contribution in [0.25, 0.3) is 0 Å². The van der Waals surface area contributed by atoms with Gasteiger partial charge in [-0.1, -0.05) is 29.8 Å². The Hall–Kier alpha value is -1.50. The van der Waals surface area contributed by atoms with E-state index in [0.29, 0.717) is 17.9 Å². The lowest BCUT2D eigenvalue weighted by molar-refractivity contribution is 0.0117. The summed E-state index contributed by atoms with van der Waals surface area (Å²) < 4.78 is 0. The minimum Gasteiger partial charge on any atom is -0.385 e. The van der Waals surface area contributed by atoms with Crippen molar-refractivity contribution in [2.75, 3.05) is 47.5 Å². The lowest BCUT2D eigenvalue weighted by Gasteiger charge is -2.39. The second kappa shape index (κ2) is 7.62. The quantitative estimate of drug-likeness (QED) is 0.868. The number of nitrogens with zero attached hydrogens (tertiary/aromatic N) is 4. The van der Waals surface area contributed by atoms with Gasteiger partial charge in [0.25, 0.3) is 0 Å². The molecule has 138 valence electrons. The zero-order valence-electron chi connectivity index (χ0n) is 14.6. The molecule has 1 aromatic heterocycles. The van der Waals surface area contributed by atoms with Gasteiger partial charge in [-0.15, -0.1) is 0 Å². The summed E-state index contributed by atoms with van der Waals surface area (Å²) in [4.78, 5) is 13.5. The molecule has 2 aliphatic rings. The first kappa shape index (κ1) is 17.9. The average Bonchev–Trinajstić information content (AvgIpc) is 2.70. The van der Waals surface area contributed by atoms with Crippen molar-refractivity contribution in [1.82, 2.24) is 9.97 Å². The molecule has 1 aromatic carbocycles. The highest BCUT2D eigenvalue weighted by Gasteiger charge is 2.35. The standard InChI is InChI=1S/C19H23ClN4OS/c20-16-4-2-1-3-15(16)19(25)5-7-23(8-6-19)17-13-18(22-14-21-17)24-9-11-26-12-10-24/h1-4,13-14,25H,5-12H2. The largest absolute Gasteiger partial charge is 0.385 e. The molecule has 7 heteroatoms. The number of hydrogen-bond acceptors (Lipinski definition) is 6. The van der Waals surface area contributed by atoms with Gasteiger partial charge in [0.1, 0.15) is 18.0 Å². The Morgan fingerprint density at radius 2 is 1.58 bits per heavy atom. The normalized spacial score (nSPS) is 20.2. The molecule has 0 bridgehead atoms. The molecule has 1 N–H and O–H groups in total. The van der Waals surface area contributed by atoms with E-state index < -0.39 is 5.60 Å². The van der Waals surface area contributed by atoms with Gasteiger partial charge >= 0.3 is 0 Å². The maximum atomic E-state index is 11.1. The van der Waals surface area contributed by atoms with Crippen LogP contribution in [0.2, 0.25) is 5.02 Å². The van der Waals surface area contributed by atoms with E-state index in [4.69, 9.17) is 11.6 Å². The molecule has 26 heavy (non-hydrogen) atoms. The van der Waals surface area contributed by atoms with Crippen LogP contribution in [0.5, 0.6) is 0 Å². The highest BCUT2D eigenvalue weighted by atomic mass is 35.5. The third-order valence-corrected chi connectivity index (χ3v) is 6.54. The Kier molecular flexibility index (Phi) is 5.25. The number of aromatic nitrogens is 2. The lowest BCUT2D eigenvalue weighted by atomic mass is 9.84. The minimum absolute atomic E-state index is 0.635. The molecule has 4 rings (SSSR count). The zero-order chi connectivity index (χ0) is 18.0. The molecule has 0 aliphatic carbocycles. The number of rotatable bonds is 3. The molecule has 0 radical (unpaired) electrons. The van der Waals surface area contributed by atoms with E-state index >= 15 is 0 Å². The van der Waals surface area contributed by atoms with Crippen molar-refractivity contribution in [1.29, 1.82) is 0 Å². The van der Waals surface area contributed by atoms with Gasteiger partial charge in [-0.3, -0.25) is 0 Å². The van der Waals surface area contributed by atoms with Crippen molar-refractivity contribution in [3.63, 3.8) is 0 Å². The third kappa shape index (κ3) is 3.63. The molecule has 0 atom stereocenters. The summed E-state index contributed by atoms with van der Waals surface area (Å²) in [6.45, 7) is 3.56. The van der Waals surface area contributed by atoms with E-state index in [9.17, 15) is 5.11 Å². The summed E-state index contributed by atoms with van der Waals surface area (Å²) in [5.74, 6) is 4.23. The number of anilines is 2. The number of thioether (sulfide) groups is 1. The number of hydrogen-bond donors (Lipinski definition) is 1. The van der Waals surface area contributed by atoms with Crippen molar-refractivity contribution in [3.8, 4) is 0 Å². The van der Waals surface area contributed by atoms with Gasteiger partial charge in [-0.05, 0) is 18.9 Å². The zero-order valence-corrected chi connectivity index (χ0v) is 16.2. The first-order valence-corrected chi connectivity index (χ1v) is 10.6. The molecule has 5 nitrogen and oxygen atoms in total. The molecular formula is C19H23ClN4OS. The Morgan fingerprint density at radius 1 is 0.962 bits per heavy atom. The van der Waals surface area contributed by atoms with Crippen molar-refractivity contribution in [3.05, 3.63) is 47.2 Å². The van der Waals surface area contributed by atoms with E-state index in [-0.39, 0.29) is 0 Å². The molecule has 2 fully saturated rings. The SMILES string of the molecule is OC1(c2ccccc2Cl)CCN(c2cc(N3CCSCC3)ncn2)CC1. The number of piperidine rings is 1. The molecule has 2 saturated heterocycles. The number of aliphatic hydroxyl groups is 1. The van der Waals surface area contributed by atoms with Crippen molar-refractivity contribution >= 4 is 35.0 Å². The number of benzene rings is 1. The molecule has 0 saturated carbocycles. The Labute approximate surface area is 163 Å². The van der Waals surface area contributed by atoms with Gasteiger partial charge in [0, 0.05) is 54.3 Å². The Morgan fingerprint density at radius 3 is 2.23 bits per heavy atom. The van der Waals surface area contributed by atoms with E-state index in [1.54, 1.807) is 6.33 Å². The van der Waals surface area contributed by atoms with Crippen LogP contribution in [-0.2, 0) is 5.60 Å². The van der Waals surface area contributed by atoms with Crippen molar-refractivity contribution in [2.24, 2.45) is 0 Å². The van der Waals surface area contributed by atoms with Crippen LogP contribution >= 0.6 is 23.4 Å². The van der Waals surface area contributed by atoms with Crippen LogP contribution in [-0.4, -0.2) is 52.8 Å². The third-order valence-electron chi connectivity index (χ3n) is 5.26. The highest BCUT2D eigenvalue weighted by Crippen LogP contribution is 2.37. The summed E-state index contributed by atoms with van der Waals surface area (Å²) in [5, 5.41) is 11.7. The van der Waals surface area contributed by atoms with Gasteiger partial charge < -0.3 is 14.9 Å². The van der Waals surface area contributed by atoms with E-state index in [1.165, 1.54) is 0 Å². The predicted molar refractivity (Wildman–Crippen MR) is 108 cm³/mol. The maximum Gasteiger partial charge on any atom is 0.134 e. The second-order valence-corrected chi connectivity index (χ2v) is 8.46. The minimum atomic E-state index is -0.866. The van der Waals surface area contributed by atoms with Crippen LogP contribution < -0.4 is 9.80 Å². The Balaban J connectivity index is 1.47. The Bertz CT molecular complexity index is 761. The van der Waals surface area contributed by atoms with E-state index in [2.05, 4.69) is 25.8 Å². The molecule has 0 spiro atoms. The molecule has 2 aromatic rings.